The molecule has 0 unspecified atom stereocenters. The van der Waals surface area contributed by atoms with E-state index < -0.39 is 29.6 Å². The van der Waals surface area contributed by atoms with E-state index in [1.54, 1.807) is 0 Å². The molecule has 0 fully saturated rings. The molecule has 0 radical (unpaired) electrons. The van der Waals surface area contributed by atoms with E-state index in [9.17, 15) is 31.1 Å². The van der Waals surface area contributed by atoms with Crippen LogP contribution in [0.15, 0.2) is 18.5 Å². The van der Waals surface area contributed by atoms with Crippen LogP contribution in [-0.2, 0) is 0 Å². The molecule has 1 heterocycles. The maximum Gasteiger partial charge on any atom is 0.407 e. The van der Waals surface area contributed by atoms with Crippen LogP contribution in [0.3, 0.4) is 0 Å². The molecule has 18 heavy (non-hydrogen) atoms. The quantitative estimate of drug-likeness (QED) is 0.610. The zero-order chi connectivity index (χ0) is 14.1. The first-order valence-electron chi connectivity index (χ1n) is 4.63. The molecule has 0 aliphatic carbocycles. The first-order valence-corrected chi connectivity index (χ1v) is 4.63. The van der Waals surface area contributed by atoms with Crippen molar-refractivity contribution in [2.24, 2.45) is 5.92 Å². The fourth-order valence-corrected chi connectivity index (χ4v) is 1.34. The van der Waals surface area contributed by atoms with Gasteiger partial charge in [0, 0.05) is 18.0 Å². The van der Waals surface area contributed by atoms with Crippen LogP contribution >= 0.6 is 0 Å². The summed E-state index contributed by atoms with van der Waals surface area (Å²) in [6.45, 7) is 1.40. The Morgan fingerprint density at radius 3 is 2.00 bits per heavy atom. The van der Waals surface area contributed by atoms with Crippen molar-refractivity contribution in [3.63, 3.8) is 0 Å². The third-order valence-corrected chi connectivity index (χ3v) is 2.08. The van der Waals surface area contributed by atoms with Crippen LogP contribution in [0.5, 0.6) is 0 Å². The van der Waals surface area contributed by atoms with Crippen molar-refractivity contribution < 1.29 is 31.1 Å². The minimum atomic E-state index is -5.68. The summed E-state index contributed by atoms with van der Waals surface area (Å²) in [7, 11) is 0. The van der Waals surface area contributed by atoms with Gasteiger partial charge >= 0.3 is 12.4 Å². The molecule has 1 aromatic heterocycles. The fraction of sp³-hybridized carbons (Fsp3) is 0.400. The summed E-state index contributed by atoms with van der Waals surface area (Å²) in [4.78, 5) is 14.7. The van der Waals surface area contributed by atoms with E-state index in [1.165, 1.54) is 13.1 Å². The van der Waals surface area contributed by atoms with Crippen LogP contribution in [0.1, 0.15) is 15.9 Å². The highest BCUT2D eigenvalue weighted by Gasteiger charge is 2.60. The molecule has 8 heteroatoms. The van der Waals surface area contributed by atoms with E-state index >= 15 is 0 Å². The largest absolute Gasteiger partial charge is 0.407 e. The molecule has 0 aliphatic rings. The number of aryl methyl sites for hydroxylation is 1. The number of carbonyl (C=O) groups excluding carboxylic acids is 1. The molecule has 0 atom stereocenters. The van der Waals surface area contributed by atoms with E-state index in [4.69, 9.17) is 0 Å². The van der Waals surface area contributed by atoms with Crippen LogP contribution < -0.4 is 0 Å². The highest BCUT2D eigenvalue weighted by Crippen LogP contribution is 2.41. The second kappa shape index (κ2) is 4.58. The van der Waals surface area contributed by atoms with Gasteiger partial charge < -0.3 is 0 Å². The number of alkyl halides is 6. The van der Waals surface area contributed by atoms with Gasteiger partial charge in [-0.2, -0.15) is 26.3 Å². The van der Waals surface area contributed by atoms with Gasteiger partial charge in [0.1, 0.15) is 0 Å². The van der Waals surface area contributed by atoms with Crippen molar-refractivity contribution in [1.29, 1.82) is 0 Å². The number of pyridine rings is 1. The number of Topliss-reactive ketones (excluding diaryl/α,β-unsaturated/α-hetero) is 1. The standard InChI is InChI=1S/C10H7F6NO/c1-5-2-6(4-17-3-5)7(18)8(9(11,12)13)10(14,15)16/h2-4,8H,1H3. The van der Waals surface area contributed by atoms with Crippen molar-refractivity contribution in [1.82, 2.24) is 4.98 Å². The smallest absolute Gasteiger partial charge is 0.293 e. The zero-order valence-electron chi connectivity index (χ0n) is 8.93. The molecule has 1 aromatic rings. The molecule has 0 spiro atoms. The van der Waals surface area contributed by atoms with Crippen molar-refractivity contribution in [3.05, 3.63) is 29.6 Å². The van der Waals surface area contributed by atoms with Gasteiger partial charge in [-0.25, -0.2) is 0 Å². The number of nitrogens with zero attached hydrogens (tertiary/aromatic N) is 1. The lowest BCUT2D eigenvalue weighted by atomic mass is 9.97. The summed E-state index contributed by atoms with van der Waals surface area (Å²) in [5, 5.41) is 0. The minimum absolute atomic E-state index is 0.295. The average molecular weight is 271 g/mol. The Kier molecular flexibility index (Phi) is 3.68. The predicted molar refractivity (Wildman–Crippen MR) is 48.9 cm³/mol. The predicted octanol–water partition coefficient (Wildman–Crippen LogP) is 3.31. The molecule has 100 valence electrons. The summed E-state index contributed by atoms with van der Waals surface area (Å²) in [6.07, 6.45) is -9.47. The van der Waals surface area contributed by atoms with Crippen LogP contribution in [0, 0.1) is 12.8 Å². The minimum Gasteiger partial charge on any atom is -0.293 e. The van der Waals surface area contributed by atoms with Gasteiger partial charge in [0.15, 0.2) is 5.78 Å². The van der Waals surface area contributed by atoms with Crippen LogP contribution in [0.25, 0.3) is 0 Å². The van der Waals surface area contributed by atoms with E-state index in [1.807, 2.05) is 0 Å². The second-order valence-corrected chi connectivity index (χ2v) is 3.63. The summed E-state index contributed by atoms with van der Waals surface area (Å²) in [5.41, 5.74) is -0.418. The van der Waals surface area contributed by atoms with Gasteiger partial charge in [-0.15, -0.1) is 0 Å². The summed E-state index contributed by atoms with van der Waals surface area (Å²) < 4.78 is 73.7. The third kappa shape index (κ3) is 3.21. The summed E-state index contributed by atoms with van der Waals surface area (Å²) >= 11 is 0. The monoisotopic (exact) mass is 271 g/mol. The number of hydrogen-bond acceptors (Lipinski definition) is 2. The normalized spacial score (nSPS) is 12.9. The van der Waals surface area contributed by atoms with E-state index in [0.717, 1.165) is 6.07 Å². The maximum absolute atomic E-state index is 12.3. The molecular formula is C10H7F6NO. The van der Waals surface area contributed by atoms with Gasteiger partial charge in [0.25, 0.3) is 0 Å². The lowest BCUT2D eigenvalue weighted by Crippen LogP contribution is -2.42. The van der Waals surface area contributed by atoms with E-state index in [-0.39, 0.29) is 0 Å². The van der Waals surface area contributed by atoms with Crippen LogP contribution in [0.2, 0.25) is 0 Å². The second-order valence-electron chi connectivity index (χ2n) is 3.63. The first kappa shape index (κ1) is 14.5. The van der Waals surface area contributed by atoms with Crippen molar-refractivity contribution in [3.8, 4) is 0 Å². The average Bonchev–Trinajstić information content (AvgIpc) is 2.12. The van der Waals surface area contributed by atoms with Gasteiger partial charge in [-0.3, -0.25) is 9.78 Å². The van der Waals surface area contributed by atoms with Crippen LogP contribution in [-0.4, -0.2) is 23.1 Å². The Bertz CT molecular complexity index is 436. The molecule has 0 saturated heterocycles. The van der Waals surface area contributed by atoms with Gasteiger partial charge in [0.2, 0.25) is 5.92 Å². The van der Waals surface area contributed by atoms with E-state index in [2.05, 4.69) is 4.98 Å². The molecule has 0 N–H and O–H groups in total. The molecule has 0 aromatic carbocycles. The number of halogens is 6. The molecule has 0 bridgehead atoms. The molecule has 0 amide bonds. The maximum atomic E-state index is 12.3. The van der Waals surface area contributed by atoms with Gasteiger partial charge in [-0.05, 0) is 18.6 Å². The van der Waals surface area contributed by atoms with Crippen molar-refractivity contribution in [2.45, 2.75) is 19.3 Å². The third-order valence-electron chi connectivity index (χ3n) is 2.08. The summed E-state index contributed by atoms with van der Waals surface area (Å²) in [6, 6.07) is 0.930. The Morgan fingerprint density at radius 1 is 1.11 bits per heavy atom. The van der Waals surface area contributed by atoms with Crippen molar-refractivity contribution >= 4 is 5.78 Å². The lowest BCUT2D eigenvalue weighted by Gasteiger charge is -2.21. The number of aromatic nitrogens is 1. The van der Waals surface area contributed by atoms with Crippen molar-refractivity contribution in [2.75, 3.05) is 0 Å². The number of carbonyl (C=O) groups is 1. The van der Waals surface area contributed by atoms with Gasteiger partial charge in [0.05, 0.1) is 0 Å². The topological polar surface area (TPSA) is 30.0 Å². The number of rotatable bonds is 2. The molecule has 0 aliphatic heterocycles. The molecule has 0 saturated carbocycles. The Balaban J connectivity index is 3.20. The Hall–Kier alpha value is -1.60. The highest BCUT2D eigenvalue weighted by atomic mass is 19.4. The lowest BCUT2D eigenvalue weighted by molar-refractivity contribution is -0.264. The van der Waals surface area contributed by atoms with Gasteiger partial charge in [-0.1, -0.05) is 0 Å². The number of hydrogen-bond donors (Lipinski definition) is 0. The molecular weight excluding hydrogens is 264 g/mol. The van der Waals surface area contributed by atoms with Crippen LogP contribution in [0.4, 0.5) is 26.3 Å². The highest BCUT2D eigenvalue weighted by molar-refractivity contribution is 5.98. The molecule has 2 nitrogen and oxygen atoms in total. The Morgan fingerprint density at radius 2 is 1.61 bits per heavy atom. The summed E-state index contributed by atoms with van der Waals surface area (Å²) in [5.74, 6) is -6.07. The fourth-order valence-electron chi connectivity index (χ4n) is 1.34. The zero-order valence-corrected chi connectivity index (χ0v) is 8.93. The Labute approximate surface area is 97.6 Å². The first-order chi connectivity index (χ1) is 8.03. The number of ketones is 1. The SMILES string of the molecule is Cc1cncc(C(=O)C(C(F)(F)F)C(F)(F)F)c1. The van der Waals surface area contributed by atoms with E-state index in [0.29, 0.717) is 11.8 Å². The molecule has 1 rings (SSSR count).